The molecule has 2 unspecified atom stereocenters. The minimum absolute atomic E-state index is 0.0353. The van der Waals surface area contributed by atoms with E-state index in [1.54, 1.807) is 11.3 Å². The topological polar surface area (TPSA) is 121 Å². The molecule has 7 rings (SSSR count). The lowest BCUT2D eigenvalue weighted by molar-refractivity contribution is -0.0299. The predicted molar refractivity (Wildman–Crippen MR) is 152 cm³/mol. The Morgan fingerprint density at radius 2 is 2.03 bits per heavy atom. The van der Waals surface area contributed by atoms with Crippen LogP contribution in [0.4, 0.5) is 10.7 Å². The number of fused-ring (bicyclic) bond motifs is 4. The van der Waals surface area contributed by atoms with Crippen molar-refractivity contribution in [1.29, 1.82) is 0 Å². The number of likely N-dealkylation sites (N-methyl/N-ethyl adjacent to an activating group) is 1. The predicted octanol–water partition coefficient (Wildman–Crippen LogP) is 4.25. The van der Waals surface area contributed by atoms with Gasteiger partial charge in [-0.05, 0) is 71.9 Å². The van der Waals surface area contributed by atoms with E-state index in [2.05, 4.69) is 18.9 Å². The molecule has 2 aromatic heterocycles. The Morgan fingerprint density at radius 1 is 1.15 bits per heavy atom. The Bertz CT molecular complexity index is 1280. The van der Waals surface area contributed by atoms with Gasteiger partial charge in [-0.2, -0.15) is 4.98 Å². The summed E-state index contributed by atoms with van der Waals surface area (Å²) in [5.74, 6) is 1.62. The lowest BCUT2D eigenvalue weighted by Gasteiger charge is -2.46. The number of hydrogen-bond acceptors (Lipinski definition) is 10. The number of hydrogen-bond donors (Lipinski definition) is 2. The van der Waals surface area contributed by atoms with Crippen molar-refractivity contribution in [2.24, 2.45) is 11.1 Å². The van der Waals surface area contributed by atoms with Gasteiger partial charge in [0.05, 0.1) is 18.0 Å². The van der Waals surface area contributed by atoms with Gasteiger partial charge in [0.15, 0.2) is 5.82 Å². The number of aromatic nitrogens is 2. The Hall–Kier alpha value is -2.43. The SMILES string of the molecule is C[C@H](Oc1cc([C@@H]2CCOC2)nc(C2=NOC3C2CCC[C@@]32CCCc3sc(N)c(N)c32)n1)[C@@H]1CCCN1C. The first-order valence-electron chi connectivity index (χ1n) is 14.7. The normalized spacial score (nSPS) is 33.0. The number of anilines is 2. The molecular weight excluding hydrogens is 512 g/mol. The van der Waals surface area contributed by atoms with E-state index in [1.807, 2.05) is 6.07 Å². The fraction of sp³-hybridized carbons (Fsp3) is 0.690. The first-order valence-corrected chi connectivity index (χ1v) is 15.5. The molecule has 1 saturated carbocycles. The Balaban J connectivity index is 1.22. The van der Waals surface area contributed by atoms with Crippen LogP contribution in [-0.4, -0.2) is 65.6 Å². The van der Waals surface area contributed by atoms with Crippen LogP contribution in [0.25, 0.3) is 0 Å². The third-order valence-corrected chi connectivity index (χ3v) is 11.1. The largest absolute Gasteiger partial charge is 0.473 e. The summed E-state index contributed by atoms with van der Waals surface area (Å²) >= 11 is 1.65. The van der Waals surface area contributed by atoms with Crippen molar-refractivity contribution >= 4 is 27.7 Å². The van der Waals surface area contributed by atoms with Crippen molar-refractivity contribution in [3.63, 3.8) is 0 Å². The molecule has 4 N–H and O–H groups in total. The molecule has 1 spiro atoms. The first-order chi connectivity index (χ1) is 18.9. The zero-order valence-electron chi connectivity index (χ0n) is 23.0. The van der Waals surface area contributed by atoms with Crippen LogP contribution >= 0.6 is 11.3 Å². The van der Waals surface area contributed by atoms with Crippen molar-refractivity contribution in [2.45, 2.75) is 94.3 Å². The van der Waals surface area contributed by atoms with Gasteiger partial charge in [0.25, 0.3) is 0 Å². The molecule has 39 heavy (non-hydrogen) atoms. The summed E-state index contributed by atoms with van der Waals surface area (Å²) in [4.78, 5) is 20.1. The van der Waals surface area contributed by atoms with Crippen LogP contribution in [0, 0.1) is 5.92 Å². The minimum Gasteiger partial charge on any atom is -0.473 e. The zero-order chi connectivity index (χ0) is 26.7. The van der Waals surface area contributed by atoms with E-state index in [-0.39, 0.29) is 29.5 Å². The summed E-state index contributed by atoms with van der Waals surface area (Å²) in [5, 5.41) is 5.45. The Morgan fingerprint density at radius 3 is 2.82 bits per heavy atom. The molecule has 0 amide bonds. The van der Waals surface area contributed by atoms with Crippen molar-refractivity contribution in [1.82, 2.24) is 14.9 Å². The van der Waals surface area contributed by atoms with Crippen LogP contribution < -0.4 is 16.2 Å². The fourth-order valence-electron chi connectivity index (χ4n) is 8.01. The number of likely N-dealkylation sites (tertiary alicyclic amines) is 1. The molecule has 10 heteroatoms. The minimum atomic E-state index is -0.155. The second-order valence-corrected chi connectivity index (χ2v) is 13.4. The van der Waals surface area contributed by atoms with Crippen LogP contribution in [0.15, 0.2) is 11.2 Å². The highest BCUT2D eigenvalue weighted by Gasteiger charge is 2.56. The highest BCUT2D eigenvalue weighted by molar-refractivity contribution is 7.16. The van der Waals surface area contributed by atoms with Gasteiger partial charge in [-0.1, -0.05) is 11.6 Å². The van der Waals surface area contributed by atoms with Crippen LogP contribution in [0.1, 0.15) is 86.2 Å². The number of thiophene rings is 1. The molecule has 5 heterocycles. The molecule has 9 nitrogen and oxygen atoms in total. The van der Waals surface area contributed by atoms with Gasteiger partial charge in [-0.25, -0.2) is 4.98 Å². The van der Waals surface area contributed by atoms with Gasteiger partial charge in [-0.3, -0.25) is 4.90 Å². The molecule has 3 fully saturated rings. The maximum atomic E-state index is 6.61. The molecule has 6 atom stereocenters. The van der Waals surface area contributed by atoms with Gasteiger partial charge in [-0.15, -0.1) is 11.3 Å². The zero-order valence-corrected chi connectivity index (χ0v) is 23.8. The van der Waals surface area contributed by atoms with Crippen molar-refractivity contribution in [2.75, 3.05) is 38.3 Å². The third-order valence-electron chi connectivity index (χ3n) is 9.96. The number of nitrogen functional groups attached to an aromatic ring is 2. The van der Waals surface area contributed by atoms with Crippen molar-refractivity contribution in [3.8, 4) is 5.88 Å². The molecule has 2 aliphatic carbocycles. The molecule has 2 aromatic rings. The number of rotatable bonds is 5. The number of aryl methyl sites for hydroxylation is 1. The van der Waals surface area contributed by atoms with E-state index in [0.29, 0.717) is 24.4 Å². The van der Waals surface area contributed by atoms with Crippen LogP contribution in [0.5, 0.6) is 5.88 Å². The molecule has 0 aromatic carbocycles. The van der Waals surface area contributed by atoms with E-state index in [4.69, 9.17) is 40.9 Å². The van der Waals surface area contributed by atoms with Crippen LogP contribution in [0.3, 0.4) is 0 Å². The summed E-state index contributed by atoms with van der Waals surface area (Å²) in [6.07, 6.45) is 9.60. The van der Waals surface area contributed by atoms with Crippen molar-refractivity contribution in [3.05, 3.63) is 28.0 Å². The van der Waals surface area contributed by atoms with E-state index < -0.39 is 0 Å². The van der Waals surface area contributed by atoms with Crippen LogP contribution in [0.2, 0.25) is 0 Å². The average molecular weight is 553 g/mol. The lowest BCUT2D eigenvalue weighted by Crippen LogP contribution is -2.49. The Kier molecular flexibility index (Phi) is 6.47. The number of nitrogens with zero attached hydrogens (tertiary/aromatic N) is 4. The maximum Gasteiger partial charge on any atom is 0.217 e. The number of ether oxygens (including phenoxy) is 2. The van der Waals surface area contributed by atoms with E-state index in [1.165, 1.54) is 16.9 Å². The highest BCUT2D eigenvalue weighted by atomic mass is 32.1. The van der Waals surface area contributed by atoms with Gasteiger partial charge in [0, 0.05) is 46.4 Å². The quantitative estimate of drug-likeness (QED) is 0.565. The van der Waals surface area contributed by atoms with E-state index >= 15 is 0 Å². The number of nitrogens with two attached hydrogens (primary N) is 2. The summed E-state index contributed by atoms with van der Waals surface area (Å²) in [6.45, 7) is 4.70. The van der Waals surface area contributed by atoms with E-state index in [0.717, 1.165) is 86.6 Å². The van der Waals surface area contributed by atoms with Crippen molar-refractivity contribution < 1.29 is 14.3 Å². The average Bonchev–Trinajstić information content (AvgIpc) is 3.72. The van der Waals surface area contributed by atoms with Gasteiger partial charge in [0.2, 0.25) is 5.88 Å². The monoisotopic (exact) mass is 552 g/mol. The molecule has 0 radical (unpaired) electrons. The molecular formula is C29H40N6O3S. The van der Waals surface area contributed by atoms with Gasteiger partial charge < -0.3 is 25.8 Å². The smallest absolute Gasteiger partial charge is 0.217 e. The summed E-state index contributed by atoms with van der Waals surface area (Å²) in [5.41, 5.74) is 16.6. The number of oxime groups is 1. The van der Waals surface area contributed by atoms with Crippen LogP contribution in [-0.2, 0) is 21.4 Å². The Labute approximate surface area is 234 Å². The standard InChI is InChI=1S/C29H40N6O3S/c1-16(20-7-5-12-35(20)2)37-22-14-19(17-9-13-36-15-17)32-28(33-22)25-18-6-3-10-29(26(18)38-34-25)11-4-8-21-23(29)24(30)27(31)39-21/h14,16-18,20,26H,3-13,15,30-31H2,1-2H3/t16-,17+,18?,20-,26?,29-/m0/s1. The summed E-state index contributed by atoms with van der Waals surface area (Å²) in [6, 6.07) is 2.41. The van der Waals surface area contributed by atoms with Gasteiger partial charge >= 0.3 is 0 Å². The fourth-order valence-corrected chi connectivity index (χ4v) is 9.15. The molecule has 0 bridgehead atoms. The summed E-state index contributed by atoms with van der Waals surface area (Å²) in [7, 11) is 2.18. The van der Waals surface area contributed by atoms with Gasteiger partial charge in [0.1, 0.15) is 22.9 Å². The molecule has 5 aliphatic rings. The third kappa shape index (κ3) is 4.21. The highest BCUT2D eigenvalue weighted by Crippen LogP contribution is 2.57. The molecule has 3 aliphatic heterocycles. The summed E-state index contributed by atoms with van der Waals surface area (Å²) < 4.78 is 12.2. The molecule has 210 valence electrons. The maximum absolute atomic E-state index is 6.61. The second-order valence-electron chi connectivity index (χ2n) is 12.2. The lowest BCUT2D eigenvalue weighted by atomic mass is 9.58. The van der Waals surface area contributed by atoms with E-state index in [9.17, 15) is 0 Å². The first kappa shape index (κ1) is 25.5. The second kappa shape index (κ2) is 9.89. The molecule has 2 saturated heterocycles.